The molecule has 0 amide bonds. The quantitative estimate of drug-likeness (QED) is 0.510. The third-order valence-corrected chi connectivity index (χ3v) is 4.51. The van der Waals surface area contributed by atoms with Crippen molar-refractivity contribution in [3.63, 3.8) is 0 Å². The highest BCUT2D eigenvalue weighted by atomic mass is 32.1. The third-order valence-electron chi connectivity index (χ3n) is 3.78. The topological polar surface area (TPSA) is 64.4 Å². The third kappa shape index (κ3) is 5.94. The molecule has 2 unspecified atom stereocenters. The fraction of sp³-hybridized carbons (Fsp3) is 0.444. The maximum Gasteiger partial charge on any atom is 0.269 e. The largest absolute Gasteiger partial charge is 0.489 e. The van der Waals surface area contributed by atoms with Crippen molar-refractivity contribution in [1.29, 1.82) is 0 Å². The Morgan fingerprint density at radius 3 is 2.62 bits per heavy atom. The number of nitro groups is 1. The number of rotatable bonds is 10. The molecule has 2 aromatic rings. The van der Waals surface area contributed by atoms with E-state index in [2.05, 4.69) is 36.0 Å². The van der Waals surface area contributed by atoms with Gasteiger partial charge >= 0.3 is 0 Å². The van der Waals surface area contributed by atoms with Crippen LogP contribution in [0.4, 0.5) is 5.69 Å². The summed E-state index contributed by atoms with van der Waals surface area (Å²) in [6, 6.07) is 8.81. The lowest BCUT2D eigenvalue weighted by Gasteiger charge is -2.22. The SMILES string of the molecule is CCCC(CNC(C)Cc1ccsc1)Oc1ccc([N+](=O)[O-])cc1. The molecule has 0 saturated carbocycles. The maximum atomic E-state index is 10.7. The number of hydrogen-bond donors (Lipinski definition) is 1. The lowest BCUT2D eigenvalue weighted by atomic mass is 10.1. The molecule has 130 valence electrons. The van der Waals surface area contributed by atoms with Gasteiger partial charge in [-0.1, -0.05) is 13.3 Å². The molecule has 1 heterocycles. The first-order chi connectivity index (χ1) is 11.6. The van der Waals surface area contributed by atoms with Crippen LogP contribution < -0.4 is 10.1 Å². The number of nitrogens with zero attached hydrogens (tertiary/aromatic N) is 1. The molecule has 2 rings (SSSR count). The summed E-state index contributed by atoms with van der Waals surface area (Å²) in [6.45, 7) is 5.06. The van der Waals surface area contributed by atoms with E-state index in [0.717, 1.165) is 25.8 Å². The average Bonchev–Trinajstić information content (AvgIpc) is 3.06. The van der Waals surface area contributed by atoms with Crippen LogP contribution in [0.15, 0.2) is 41.1 Å². The summed E-state index contributed by atoms with van der Waals surface area (Å²) in [5.41, 5.74) is 1.43. The van der Waals surface area contributed by atoms with Gasteiger partial charge in [0.15, 0.2) is 0 Å². The Morgan fingerprint density at radius 2 is 2.04 bits per heavy atom. The Balaban J connectivity index is 1.85. The second-order valence-corrected chi connectivity index (χ2v) is 6.70. The van der Waals surface area contributed by atoms with E-state index in [4.69, 9.17) is 4.74 Å². The second kappa shape index (κ2) is 9.39. The number of nitro benzene ring substituents is 1. The normalized spacial score (nSPS) is 13.4. The molecule has 1 aromatic carbocycles. The Kier molecular flexibility index (Phi) is 7.21. The van der Waals surface area contributed by atoms with Gasteiger partial charge in [-0.3, -0.25) is 10.1 Å². The van der Waals surface area contributed by atoms with E-state index in [1.54, 1.807) is 23.5 Å². The lowest BCUT2D eigenvalue weighted by Crippen LogP contribution is -2.37. The van der Waals surface area contributed by atoms with Gasteiger partial charge in [0.05, 0.1) is 4.92 Å². The van der Waals surface area contributed by atoms with Crippen LogP contribution in [-0.4, -0.2) is 23.6 Å². The summed E-state index contributed by atoms with van der Waals surface area (Å²) in [7, 11) is 0. The second-order valence-electron chi connectivity index (χ2n) is 5.92. The molecule has 6 heteroatoms. The fourth-order valence-electron chi connectivity index (χ4n) is 2.53. The number of non-ortho nitro benzene ring substituents is 1. The maximum absolute atomic E-state index is 10.7. The summed E-state index contributed by atoms with van der Waals surface area (Å²) in [5, 5.41) is 18.5. The van der Waals surface area contributed by atoms with Crippen molar-refractivity contribution in [3.8, 4) is 5.75 Å². The summed E-state index contributed by atoms with van der Waals surface area (Å²) < 4.78 is 5.99. The van der Waals surface area contributed by atoms with Crippen LogP contribution in [0, 0.1) is 10.1 Å². The zero-order valence-corrected chi connectivity index (χ0v) is 14.9. The van der Waals surface area contributed by atoms with Crippen LogP contribution in [0.5, 0.6) is 5.75 Å². The minimum absolute atomic E-state index is 0.0568. The number of ether oxygens (including phenoxy) is 1. The molecule has 1 N–H and O–H groups in total. The molecule has 1 aromatic heterocycles. The molecule has 0 aliphatic carbocycles. The molecule has 2 atom stereocenters. The van der Waals surface area contributed by atoms with Gasteiger partial charge in [0, 0.05) is 24.7 Å². The van der Waals surface area contributed by atoms with Gasteiger partial charge in [-0.05, 0) is 54.3 Å². The summed E-state index contributed by atoms with van der Waals surface area (Å²) in [6.07, 6.45) is 3.02. The van der Waals surface area contributed by atoms with Gasteiger partial charge in [0.25, 0.3) is 5.69 Å². The molecule has 0 aliphatic rings. The average molecular weight is 348 g/mol. The van der Waals surface area contributed by atoms with Crippen molar-refractivity contribution in [2.24, 2.45) is 0 Å². The summed E-state index contributed by atoms with van der Waals surface area (Å²) >= 11 is 1.72. The molecular weight excluding hydrogens is 324 g/mol. The lowest BCUT2D eigenvalue weighted by molar-refractivity contribution is -0.384. The Labute approximate surface area is 146 Å². The molecule has 5 nitrogen and oxygen atoms in total. The van der Waals surface area contributed by atoms with Crippen molar-refractivity contribution < 1.29 is 9.66 Å². The minimum Gasteiger partial charge on any atom is -0.489 e. The number of hydrogen-bond acceptors (Lipinski definition) is 5. The molecule has 0 bridgehead atoms. The summed E-state index contributed by atoms with van der Waals surface area (Å²) in [4.78, 5) is 10.3. The minimum atomic E-state index is -0.402. The van der Waals surface area contributed by atoms with Gasteiger partial charge in [-0.15, -0.1) is 0 Å². The van der Waals surface area contributed by atoms with E-state index in [1.807, 2.05) is 0 Å². The van der Waals surface area contributed by atoms with Gasteiger partial charge < -0.3 is 10.1 Å². The van der Waals surface area contributed by atoms with E-state index >= 15 is 0 Å². The van der Waals surface area contributed by atoms with Gasteiger partial charge in [-0.2, -0.15) is 11.3 Å². The molecule has 0 saturated heterocycles. The smallest absolute Gasteiger partial charge is 0.269 e. The van der Waals surface area contributed by atoms with Crippen molar-refractivity contribution in [2.75, 3.05) is 6.54 Å². The van der Waals surface area contributed by atoms with Gasteiger partial charge in [0.1, 0.15) is 11.9 Å². The Bertz CT molecular complexity index is 614. The highest BCUT2D eigenvalue weighted by Crippen LogP contribution is 2.19. The van der Waals surface area contributed by atoms with Crippen LogP contribution in [0.1, 0.15) is 32.3 Å². The van der Waals surface area contributed by atoms with Crippen molar-refractivity contribution in [1.82, 2.24) is 5.32 Å². The highest BCUT2D eigenvalue weighted by Gasteiger charge is 2.13. The standard InChI is InChI=1S/C18H24N2O3S/c1-3-4-18(12-19-14(2)11-15-9-10-24-13-15)23-17-7-5-16(6-8-17)20(21)22/h5-10,13-14,18-19H,3-4,11-12H2,1-2H3. The first kappa shape index (κ1) is 18.4. The van der Waals surface area contributed by atoms with Crippen LogP contribution >= 0.6 is 11.3 Å². The molecule has 0 aliphatic heterocycles. The molecule has 0 fully saturated rings. The van der Waals surface area contributed by atoms with E-state index in [1.165, 1.54) is 17.7 Å². The first-order valence-corrected chi connectivity index (χ1v) is 9.18. The van der Waals surface area contributed by atoms with Crippen molar-refractivity contribution in [2.45, 2.75) is 45.3 Å². The number of nitrogens with one attached hydrogen (secondary N) is 1. The summed E-state index contributed by atoms with van der Waals surface area (Å²) in [5.74, 6) is 0.673. The predicted octanol–water partition coefficient (Wildman–Crippen LogP) is 4.42. The molecule has 0 radical (unpaired) electrons. The van der Waals surface area contributed by atoms with Crippen LogP contribution in [0.25, 0.3) is 0 Å². The zero-order valence-electron chi connectivity index (χ0n) is 14.1. The van der Waals surface area contributed by atoms with Gasteiger partial charge in [0.2, 0.25) is 0 Å². The highest BCUT2D eigenvalue weighted by molar-refractivity contribution is 7.07. The van der Waals surface area contributed by atoms with E-state index in [9.17, 15) is 10.1 Å². The van der Waals surface area contributed by atoms with Crippen LogP contribution in [0.3, 0.4) is 0 Å². The zero-order chi connectivity index (χ0) is 17.4. The van der Waals surface area contributed by atoms with Crippen LogP contribution in [0.2, 0.25) is 0 Å². The Morgan fingerprint density at radius 1 is 1.29 bits per heavy atom. The number of thiophene rings is 1. The Hall–Kier alpha value is -1.92. The predicted molar refractivity (Wildman–Crippen MR) is 97.9 cm³/mol. The van der Waals surface area contributed by atoms with E-state index < -0.39 is 4.92 Å². The fourth-order valence-corrected chi connectivity index (χ4v) is 3.21. The molecule has 24 heavy (non-hydrogen) atoms. The van der Waals surface area contributed by atoms with Crippen molar-refractivity contribution in [3.05, 3.63) is 56.8 Å². The van der Waals surface area contributed by atoms with Crippen molar-refractivity contribution >= 4 is 17.0 Å². The van der Waals surface area contributed by atoms with E-state index in [0.29, 0.717) is 11.8 Å². The first-order valence-electron chi connectivity index (χ1n) is 8.24. The number of benzene rings is 1. The van der Waals surface area contributed by atoms with Gasteiger partial charge in [-0.25, -0.2) is 0 Å². The monoisotopic (exact) mass is 348 g/mol. The van der Waals surface area contributed by atoms with Crippen LogP contribution in [-0.2, 0) is 6.42 Å². The molecular formula is C18H24N2O3S. The molecule has 0 spiro atoms. The van der Waals surface area contributed by atoms with E-state index in [-0.39, 0.29) is 11.8 Å².